The van der Waals surface area contributed by atoms with E-state index in [1.54, 1.807) is 24.4 Å². The second-order valence-corrected chi connectivity index (χ2v) is 3.23. The number of carbonyl (C=O) groups is 1. The van der Waals surface area contributed by atoms with E-state index in [0.29, 0.717) is 0 Å². The molecule has 1 aromatic heterocycles. The number of nitrogens with zero attached hydrogens (tertiary/aromatic N) is 1. The highest BCUT2D eigenvalue weighted by Crippen LogP contribution is 2.14. The molecule has 1 N–H and O–H groups in total. The lowest BCUT2D eigenvalue weighted by molar-refractivity contribution is 0.0697. The molecule has 2 rings (SSSR count). The predicted molar refractivity (Wildman–Crippen MR) is 53.4 cm³/mol. The van der Waals surface area contributed by atoms with Gasteiger partial charge in [0.25, 0.3) is 0 Å². The van der Waals surface area contributed by atoms with E-state index in [-0.39, 0.29) is 5.56 Å². The van der Waals surface area contributed by atoms with Crippen LogP contribution in [0.5, 0.6) is 0 Å². The summed E-state index contributed by atoms with van der Waals surface area (Å²) in [5.41, 5.74) is 2.06. The summed E-state index contributed by atoms with van der Waals surface area (Å²) in [5, 5.41) is 9.74. The van der Waals surface area contributed by atoms with Crippen LogP contribution in [0.1, 0.15) is 15.9 Å². The summed E-state index contributed by atoms with van der Waals surface area (Å²) < 4.78 is 0. The van der Waals surface area contributed by atoms with Crippen LogP contribution in [0.15, 0.2) is 30.5 Å². The number of aryl methyl sites for hydroxylation is 1. The minimum absolute atomic E-state index is 0.272. The normalized spacial score (nSPS) is 10.4. The lowest BCUT2D eigenvalue weighted by Gasteiger charge is -1.99. The predicted octanol–water partition coefficient (Wildman–Crippen LogP) is 2.24. The van der Waals surface area contributed by atoms with Crippen molar-refractivity contribution in [3.63, 3.8) is 0 Å². The van der Waals surface area contributed by atoms with Crippen LogP contribution in [-0.4, -0.2) is 16.1 Å². The molecule has 0 spiro atoms. The van der Waals surface area contributed by atoms with Crippen molar-refractivity contribution in [3.8, 4) is 0 Å². The summed E-state index contributed by atoms with van der Waals surface area (Å²) in [7, 11) is 0. The fourth-order valence-corrected chi connectivity index (χ4v) is 1.36. The average molecular weight is 187 g/mol. The van der Waals surface area contributed by atoms with E-state index in [9.17, 15) is 4.79 Å². The quantitative estimate of drug-likeness (QED) is 0.744. The molecule has 0 amide bonds. The molecule has 1 aromatic carbocycles. The Hall–Kier alpha value is -1.90. The number of hydrogen-bond acceptors (Lipinski definition) is 2. The molecule has 0 radical (unpaired) electrons. The number of aromatic carboxylic acids is 1. The van der Waals surface area contributed by atoms with E-state index in [1.807, 2.05) is 13.0 Å². The van der Waals surface area contributed by atoms with Crippen molar-refractivity contribution < 1.29 is 9.90 Å². The number of carboxylic acid groups (broad SMARTS) is 1. The van der Waals surface area contributed by atoms with E-state index >= 15 is 0 Å². The zero-order chi connectivity index (χ0) is 10.1. The molecule has 1 heterocycles. The Balaban J connectivity index is 2.67. The Labute approximate surface area is 81.0 Å². The third-order valence-electron chi connectivity index (χ3n) is 2.07. The van der Waals surface area contributed by atoms with Gasteiger partial charge < -0.3 is 5.11 Å². The van der Waals surface area contributed by atoms with Crippen molar-refractivity contribution in [2.24, 2.45) is 0 Å². The topological polar surface area (TPSA) is 50.2 Å². The van der Waals surface area contributed by atoms with Gasteiger partial charge >= 0.3 is 5.97 Å². The van der Waals surface area contributed by atoms with Gasteiger partial charge in [-0.25, -0.2) is 4.79 Å². The van der Waals surface area contributed by atoms with E-state index < -0.39 is 5.97 Å². The summed E-state index contributed by atoms with van der Waals surface area (Å²) in [6.07, 6.45) is 1.73. The van der Waals surface area contributed by atoms with Gasteiger partial charge in [-0.05, 0) is 30.7 Å². The van der Waals surface area contributed by atoms with Crippen LogP contribution < -0.4 is 0 Å². The Morgan fingerprint density at radius 3 is 2.86 bits per heavy atom. The van der Waals surface area contributed by atoms with Crippen LogP contribution >= 0.6 is 0 Å². The molecule has 70 valence electrons. The Bertz CT molecular complexity index is 506. The molecular weight excluding hydrogens is 178 g/mol. The number of benzene rings is 1. The molecule has 0 aliphatic heterocycles. The van der Waals surface area contributed by atoms with Crippen LogP contribution in [0.25, 0.3) is 10.9 Å². The number of rotatable bonds is 1. The van der Waals surface area contributed by atoms with Gasteiger partial charge in [0.15, 0.2) is 0 Å². The first-order chi connectivity index (χ1) is 6.66. The van der Waals surface area contributed by atoms with Crippen molar-refractivity contribution in [2.45, 2.75) is 6.92 Å². The highest BCUT2D eigenvalue weighted by atomic mass is 16.4. The summed E-state index contributed by atoms with van der Waals surface area (Å²) in [5.74, 6) is -0.922. The van der Waals surface area contributed by atoms with E-state index in [2.05, 4.69) is 4.98 Å². The van der Waals surface area contributed by atoms with Gasteiger partial charge in [0.05, 0.1) is 11.1 Å². The van der Waals surface area contributed by atoms with Gasteiger partial charge in [-0.3, -0.25) is 4.98 Å². The average Bonchev–Trinajstić information content (AvgIpc) is 2.16. The fraction of sp³-hybridized carbons (Fsp3) is 0.0909. The number of hydrogen-bond donors (Lipinski definition) is 1. The summed E-state index contributed by atoms with van der Waals surface area (Å²) >= 11 is 0. The molecule has 3 heteroatoms. The third-order valence-corrected chi connectivity index (χ3v) is 2.07. The summed E-state index contributed by atoms with van der Waals surface area (Å²) in [6, 6.07) is 6.93. The first-order valence-electron chi connectivity index (χ1n) is 4.26. The monoisotopic (exact) mass is 187 g/mol. The summed E-state index contributed by atoms with van der Waals surface area (Å²) in [4.78, 5) is 14.8. The zero-order valence-electron chi connectivity index (χ0n) is 7.69. The number of carboxylic acids is 1. The SMILES string of the molecule is Cc1cnc2cc(C(=O)O)ccc2c1. The maximum absolute atomic E-state index is 10.7. The zero-order valence-corrected chi connectivity index (χ0v) is 7.69. The van der Waals surface area contributed by atoms with Crippen molar-refractivity contribution in [3.05, 3.63) is 41.6 Å². The van der Waals surface area contributed by atoms with Crippen LogP contribution in [0, 0.1) is 6.92 Å². The van der Waals surface area contributed by atoms with Gasteiger partial charge in [0.1, 0.15) is 0 Å². The van der Waals surface area contributed by atoms with E-state index in [1.165, 1.54) is 0 Å². The molecule has 2 aromatic rings. The van der Waals surface area contributed by atoms with Crippen LogP contribution in [0.2, 0.25) is 0 Å². The summed E-state index contributed by atoms with van der Waals surface area (Å²) in [6.45, 7) is 1.96. The van der Waals surface area contributed by atoms with Gasteiger partial charge in [0.2, 0.25) is 0 Å². The Morgan fingerprint density at radius 2 is 2.14 bits per heavy atom. The minimum atomic E-state index is -0.922. The molecule has 0 aliphatic rings. The lowest BCUT2D eigenvalue weighted by atomic mass is 10.1. The van der Waals surface area contributed by atoms with Crippen molar-refractivity contribution in [2.75, 3.05) is 0 Å². The van der Waals surface area contributed by atoms with Crippen molar-refractivity contribution in [1.29, 1.82) is 0 Å². The van der Waals surface area contributed by atoms with Gasteiger partial charge in [-0.15, -0.1) is 0 Å². The molecule has 3 nitrogen and oxygen atoms in total. The first-order valence-corrected chi connectivity index (χ1v) is 4.26. The van der Waals surface area contributed by atoms with E-state index in [4.69, 9.17) is 5.11 Å². The van der Waals surface area contributed by atoms with Gasteiger partial charge in [-0.1, -0.05) is 6.07 Å². The minimum Gasteiger partial charge on any atom is -0.478 e. The molecule has 0 bridgehead atoms. The highest BCUT2D eigenvalue weighted by molar-refractivity contribution is 5.93. The molecule has 0 saturated carbocycles. The van der Waals surface area contributed by atoms with Crippen LogP contribution in [-0.2, 0) is 0 Å². The number of pyridine rings is 1. The van der Waals surface area contributed by atoms with Crippen molar-refractivity contribution in [1.82, 2.24) is 4.98 Å². The van der Waals surface area contributed by atoms with Crippen LogP contribution in [0.4, 0.5) is 0 Å². The standard InChI is InChI=1S/C11H9NO2/c1-7-4-8-2-3-9(11(13)14)5-10(8)12-6-7/h2-6H,1H3,(H,13,14). The van der Waals surface area contributed by atoms with Crippen molar-refractivity contribution >= 4 is 16.9 Å². The van der Waals surface area contributed by atoms with Gasteiger partial charge in [0, 0.05) is 11.6 Å². The molecule has 0 atom stereocenters. The van der Waals surface area contributed by atoms with Gasteiger partial charge in [-0.2, -0.15) is 0 Å². The molecule has 14 heavy (non-hydrogen) atoms. The van der Waals surface area contributed by atoms with Crippen LogP contribution in [0.3, 0.4) is 0 Å². The molecular formula is C11H9NO2. The smallest absolute Gasteiger partial charge is 0.335 e. The maximum Gasteiger partial charge on any atom is 0.335 e. The first kappa shape index (κ1) is 8.69. The second-order valence-electron chi connectivity index (χ2n) is 3.23. The van der Waals surface area contributed by atoms with E-state index in [0.717, 1.165) is 16.5 Å². The Morgan fingerprint density at radius 1 is 1.36 bits per heavy atom. The molecule has 0 fully saturated rings. The lowest BCUT2D eigenvalue weighted by Crippen LogP contribution is -1.95. The second kappa shape index (κ2) is 3.10. The number of fused-ring (bicyclic) bond motifs is 1. The molecule has 0 aliphatic carbocycles. The highest BCUT2D eigenvalue weighted by Gasteiger charge is 2.03. The Kier molecular flexibility index (Phi) is 1.93. The fourth-order valence-electron chi connectivity index (χ4n) is 1.36. The maximum atomic E-state index is 10.7. The number of aromatic nitrogens is 1. The third kappa shape index (κ3) is 1.44. The molecule has 0 saturated heterocycles. The largest absolute Gasteiger partial charge is 0.478 e. The molecule has 0 unspecified atom stereocenters.